The van der Waals surface area contributed by atoms with Gasteiger partial charge in [0.15, 0.2) is 5.79 Å². The molecule has 0 unspecified atom stereocenters. The molecule has 3 aliphatic heterocycles. The van der Waals surface area contributed by atoms with Gasteiger partial charge in [0.2, 0.25) is 0 Å². The van der Waals surface area contributed by atoms with Crippen molar-refractivity contribution in [3.05, 3.63) is 0 Å². The quantitative estimate of drug-likeness (QED) is 0.643. The summed E-state index contributed by atoms with van der Waals surface area (Å²) in [4.78, 5) is 12.1. The molecular formula is C15H22O5. The van der Waals surface area contributed by atoms with Gasteiger partial charge in [0, 0.05) is 23.2 Å². The predicted octanol–water partition coefficient (Wildman–Crippen LogP) is 0.824. The molecule has 7 atom stereocenters. The summed E-state index contributed by atoms with van der Waals surface area (Å²) in [6.45, 7) is 6.19. The van der Waals surface area contributed by atoms with E-state index in [0.29, 0.717) is 12.8 Å². The van der Waals surface area contributed by atoms with Gasteiger partial charge < -0.3 is 19.7 Å². The minimum Gasteiger partial charge on any atom is -0.465 e. The molecule has 2 bridgehead atoms. The second-order valence-corrected chi connectivity index (χ2v) is 7.64. The van der Waals surface area contributed by atoms with E-state index in [4.69, 9.17) is 9.47 Å². The van der Waals surface area contributed by atoms with Gasteiger partial charge in [-0.25, -0.2) is 0 Å². The minimum atomic E-state index is -1.25. The van der Waals surface area contributed by atoms with Crippen molar-refractivity contribution >= 4 is 5.97 Å². The van der Waals surface area contributed by atoms with E-state index in [1.807, 2.05) is 13.8 Å². The van der Waals surface area contributed by atoms with E-state index in [0.717, 1.165) is 0 Å². The van der Waals surface area contributed by atoms with Gasteiger partial charge in [-0.1, -0.05) is 20.8 Å². The summed E-state index contributed by atoms with van der Waals surface area (Å²) in [5.41, 5.74) is -1.91. The Morgan fingerprint density at radius 2 is 2.05 bits per heavy atom. The normalized spacial score (nSPS) is 64.0. The Bertz CT molecular complexity index is 506. The Balaban J connectivity index is 2.01. The molecular weight excluding hydrogens is 260 g/mol. The monoisotopic (exact) mass is 282 g/mol. The number of esters is 1. The fourth-order valence-corrected chi connectivity index (χ4v) is 5.93. The first kappa shape index (κ1) is 13.0. The highest BCUT2D eigenvalue weighted by Gasteiger charge is 2.86. The van der Waals surface area contributed by atoms with E-state index in [2.05, 4.69) is 6.92 Å². The van der Waals surface area contributed by atoms with Crippen LogP contribution in [-0.4, -0.2) is 40.3 Å². The zero-order valence-corrected chi connectivity index (χ0v) is 12.2. The molecule has 0 amide bonds. The maximum Gasteiger partial charge on any atom is 0.306 e. The van der Waals surface area contributed by atoms with Crippen LogP contribution in [0.25, 0.3) is 0 Å². The molecule has 1 aliphatic carbocycles. The van der Waals surface area contributed by atoms with Crippen LogP contribution < -0.4 is 0 Å². The molecule has 3 saturated heterocycles. The zero-order chi connectivity index (χ0) is 14.6. The number of hydrogen-bond acceptors (Lipinski definition) is 5. The number of rotatable bonds is 0. The highest BCUT2D eigenvalue weighted by atomic mass is 16.7. The van der Waals surface area contributed by atoms with E-state index in [-0.39, 0.29) is 30.8 Å². The molecule has 4 aliphatic rings. The van der Waals surface area contributed by atoms with Gasteiger partial charge in [-0.15, -0.1) is 0 Å². The number of ether oxygens (including phenoxy) is 2. The van der Waals surface area contributed by atoms with Gasteiger partial charge in [-0.05, 0) is 12.3 Å². The standard InChI is InChI=1S/C15H22O5/c1-8-4-10(16)15-12(3)7-19-11(17)5-13(8,15)6-14(18,20-15)9(12)2/h8-10,16,18H,4-7H2,1-3H3/t8-,9-,10+,12+,13+,14+,15+/m1/s1. The summed E-state index contributed by atoms with van der Waals surface area (Å²) in [5, 5.41) is 21.7. The Kier molecular flexibility index (Phi) is 2.11. The van der Waals surface area contributed by atoms with Gasteiger partial charge in [-0.2, -0.15) is 0 Å². The lowest BCUT2D eigenvalue weighted by atomic mass is 9.49. The van der Waals surface area contributed by atoms with E-state index in [1.54, 1.807) is 0 Å². The molecule has 0 aromatic rings. The van der Waals surface area contributed by atoms with E-state index < -0.39 is 28.3 Å². The van der Waals surface area contributed by atoms with Crippen LogP contribution in [0.3, 0.4) is 0 Å². The van der Waals surface area contributed by atoms with Crippen LogP contribution in [0.5, 0.6) is 0 Å². The number of hydrogen-bond donors (Lipinski definition) is 2. The Morgan fingerprint density at radius 1 is 1.35 bits per heavy atom. The fourth-order valence-electron chi connectivity index (χ4n) is 5.93. The first-order valence-corrected chi connectivity index (χ1v) is 7.48. The molecule has 5 nitrogen and oxygen atoms in total. The molecule has 4 rings (SSSR count). The SMILES string of the molecule is C[C@@H]1C[C@H](O)[C@@]23O[C@@]4(O)C[C@@]12CC(=O)OC[C@@]3(C)[C@H]4C. The second-order valence-electron chi connectivity index (χ2n) is 7.64. The fraction of sp³-hybridized carbons (Fsp3) is 0.933. The van der Waals surface area contributed by atoms with Crippen molar-refractivity contribution in [1.82, 2.24) is 0 Å². The third-order valence-electron chi connectivity index (χ3n) is 7.11. The number of carbonyl (C=O) groups excluding carboxylic acids is 1. The molecule has 0 aromatic heterocycles. The van der Waals surface area contributed by atoms with Gasteiger partial charge in [0.1, 0.15) is 5.60 Å². The summed E-state index contributed by atoms with van der Waals surface area (Å²) in [6, 6.07) is 0. The molecule has 112 valence electrons. The van der Waals surface area contributed by atoms with Gasteiger partial charge in [0.25, 0.3) is 0 Å². The van der Waals surface area contributed by atoms with Crippen molar-refractivity contribution in [2.75, 3.05) is 6.61 Å². The van der Waals surface area contributed by atoms with E-state index in [9.17, 15) is 15.0 Å². The van der Waals surface area contributed by atoms with E-state index >= 15 is 0 Å². The number of fused-ring (bicyclic) bond motifs is 1. The number of carbonyl (C=O) groups is 1. The smallest absolute Gasteiger partial charge is 0.306 e. The highest BCUT2D eigenvalue weighted by molar-refractivity contribution is 5.72. The number of aliphatic hydroxyl groups excluding tert-OH is 1. The first-order chi connectivity index (χ1) is 9.22. The highest BCUT2D eigenvalue weighted by Crippen LogP contribution is 2.78. The molecule has 5 heteroatoms. The lowest BCUT2D eigenvalue weighted by Gasteiger charge is -2.52. The zero-order valence-electron chi connectivity index (χ0n) is 12.2. The first-order valence-electron chi connectivity index (χ1n) is 7.48. The summed E-state index contributed by atoms with van der Waals surface area (Å²) >= 11 is 0. The summed E-state index contributed by atoms with van der Waals surface area (Å²) in [5.74, 6) is -1.53. The Hall–Kier alpha value is -0.650. The van der Waals surface area contributed by atoms with Crippen LogP contribution in [-0.2, 0) is 14.3 Å². The summed E-state index contributed by atoms with van der Waals surface area (Å²) in [7, 11) is 0. The van der Waals surface area contributed by atoms with Crippen molar-refractivity contribution in [2.45, 2.75) is 57.5 Å². The Labute approximate surface area is 118 Å². The maximum atomic E-state index is 12.1. The van der Waals surface area contributed by atoms with Crippen molar-refractivity contribution in [3.8, 4) is 0 Å². The van der Waals surface area contributed by atoms with Crippen LogP contribution in [0, 0.1) is 22.7 Å². The topological polar surface area (TPSA) is 76.0 Å². The second kappa shape index (κ2) is 3.23. The van der Waals surface area contributed by atoms with E-state index in [1.165, 1.54) is 0 Å². The van der Waals surface area contributed by atoms with Crippen LogP contribution in [0.1, 0.15) is 40.0 Å². The Morgan fingerprint density at radius 3 is 2.75 bits per heavy atom. The third-order valence-corrected chi connectivity index (χ3v) is 7.11. The van der Waals surface area contributed by atoms with Crippen LogP contribution in [0.2, 0.25) is 0 Å². The van der Waals surface area contributed by atoms with Crippen molar-refractivity contribution in [1.29, 1.82) is 0 Å². The maximum absolute atomic E-state index is 12.1. The molecule has 3 heterocycles. The minimum absolute atomic E-state index is 0.129. The largest absolute Gasteiger partial charge is 0.465 e. The lowest BCUT2D eigenvalue weighted by Crippen LogP contribution is -2.62. The van der Waals surface area contributed by atoms with Gasteiger partial charge in [-0.3, -0.25) is 4.79 Å². The molecule has 0 aromatic carbocycles. The lowest BCUT2D eigenvalue weighted by molar-refractivity contribution is -0.218. The van der Waals surface area contributed by atoms with Crippen molar-refractivity contribution in [2.24, 2.45) is 22.7 Å². The molecule has 4 fully saturated rings. The number of aliphatic hydroxyl groups is 2. The van der Waals surface area contributed by atoms with Crippen molar-refractivity contribution in [3.63, 3.8) is 0 Å². The molecule has 0 radical (unpaired) electrons. The van der Waals surface area contributed by atoms with Crippen LogP contribution in [0.4, 0.5) is 0 Å². The van der Waals surface area contributed by atoms with Gasteiger partial charge in [0.05, 0.1) is 19.1 Å². The van der Waals surface area contributed by atoms with Crippen LogP contribution in [0.15, 0.2) is 0 Å². The average Bonchev–Trinajstić information content (AvgIpc) is 2.80. The average molecular weight is 282 g/mol. The molecule has 2 N–H and O–H groups in total. The van der Waals surface area contributed by atoms with Crippen LogP contribution >= 0.6 is 0 Å². The number of cyclic esters (lactones) is 1. The van der Waals surface area contributed by atoms with Crippen molar-refractivity contribution < 1.29 is 24.5 Å². The van der Waals surface area contributed by atoms with Gasteiger partial charge >= 0.3 is 5.97 Å². The predicted molar refractivity (Wildman–Crippen MR) is 68.5 cm³/mol. The molecule has 1 spiro atoms. The third kappa shape index (κ3) is 0.993. The molecule has 1 saturated carbocycles. The summed E-state index contributed by atoms with van der Waals surface area (Å²) < 4.78 is 11.5. The summed E-state index contributed by atoms with van der Waals surface area (Å²) in [6.07, 6.45) is 0.613. The molecule has 20 heavy (non-hydrogen) atoms.